The van der Waals surface area contributed by atoms with Crippen molar-refractivity contribution in [2.45, 2.75) is 5.88 Å². The molecule has 0 aliphatic rings. The zero-order chi connectivity index (χ0) is 9.30. The van der Waals surface area contributed by atoms with Gasteiger partial charge in [-0.25, -0.2) is 0 Å². The molecule has 0 amide bonds. The van der Waals surface area contributed by atoms with Gasteiger partial charge in [0.2, 0.25) is 0 Å². The van der Waals surface area contributed by atoms with Crippen molar-refractivity contribution in [2.24, 2.45) is 0 Å². The minimum Gasteiger partial charge on any atom is -0.369 e. The monoisotopic (exact) mass is 229 g/mol. The fraction of sp³-hybridized carbons (Fsp3) is 0.200. The molecule has 0 spiro atoms. The van der Waals surface area contributed by atoms with E-state index in [0.717, 1.165) is 0 Å². The Balaban J connectivity index is 3.35. The third-order valence-corrected chi connectivity index (χ3v) is 1.87. The molecule has 0 bridgehead atoms. The summed E-state index contributed by atoms with van der Waals surface area (Å²) in [4.78, 5) is 21.4. The number of carbonyl (C=O) groups excluding carboxylic acids is 1. The van der Waals surface area contributed by atoms with E-state index in [1.165, 1.54) is 0 Å². The Kier molecular flexibility index (Phi) is 2.82. The van der Waals surface area contributed by atoms with E-state index in [0.29, 0.717) is 4.74 Å². The number of rotatable bonds is 1. The molecule has 0 radical (unpaired) electrons. The average Bonchev–Trinajstić information content (AvgIpc) is 2.30. The fourth-order valence-electron chi connectivity index (χ4n) is 0.599. The van der Waals surface area contributed by atoms with Crippen LogP contribution in [0.2, 0.25) is 5.02 Å². The largest absolute Gasteiger partial charge is 0.369 e. The van der Waals surface area contributed by atoms with Crippen molar-refractivity contribution in [3.63, 3.8) is 0 Å². The van der Waals surface area contributed by atoms with Gasteiger partial charge in [0, 0.05) is 0 Å². The highest BCUT2D eigenvalue weighted by Crippen LogP contribution is 2.14. The summed E-state index contributed by atoms with van der Waals surface area (Å²) < 4.78 is 4.95. The van der Waals surface area contributed by atoms with Gasteiger partial charge in [-0.2, -0.15) is 0 Å². The zero-order valence-electron chi connectivity index (χ0n) is 5.51. The lowest BCUT2D eigenvalue weighted by Gasteiger charge is -1.86. The zero-order valence-corrected chi connectivity index (χ0v) is 7.78. The topological polar surface area (TPSA) is 52.2 Å². The van der Waals surface area contributed by atoms with Crippen LogP contribution in [0.5, 0.6) is 0 Å². The van der Waals surface area contributed by atoms with Crippen LogP contribution >= 0.6 is 34.8 Å². The van der Waals surface area contributed by atoms with Crippen LogP contribution < -0.4 is 5.56 Å². The lowest BCUT2D eigenvalue weighted by atomic mass is 10.5. The van der Waals surface area contributed by atoms with E-state index in [-0.39, 0.29) is 16.7 Å². The van der Waals surface area contributed by atoms with Crippen LogP contribution in [0.4, 0.5) is 4.79 Å². The molecule has 0 fully saturated rings. The Hall–Kier alpha value is -0.450. The van der Waals surface area contributed by atoms with Crippen LogP contribution in [0.1, 0.15) is 5.76 Å². The first-order valence-corrected chi connectivity index (χ1v) is 4.03. The number of hydrogen-bond acceptors (Lipinski definition) is 3. The fourth-order valence-corrected chi connectivity index (χ4v) is 1.14. The molecule has 4 nitrogen and oxygen atoms in total. The van der Waals surface area contributed by atoms with Crippen molar-refractivity contribution in [2.75, 3.05) is 0 Å². The van der Waals surface area contributed by atoms with Gasteiger partial charge in [0.25, 0.3) is 0 Å². The number of hydrogen-bond donors (Lipinski definition) is 0. The Morgan fingerprint density at radius 2 is 2.17 bits per heavy atom. The van der Waals surface area contributed by atoms with E-state index in [1.54, 1.807) is 0 Å². The summed E-state index contributed by atoms with van der Waals surface area (Å²) in [6.07, 6.45) is 0. The van der Waals surface area contributed by atoms with Crippen LogP contribution in [0.3, 0.4) is 0 Å². The van der Waals surface area contributed by atoms with Gasteiger partial charge in [0.05, 0.1) is 5.88 Å². The molecule has 0 aliphatic carbocycles. The van der Waals surface area contributed by atoms with E-state index >= 15 is 0 Å². The highest BCUT2D eigenvalue weighted by molar-refractivity contribution is 6.63. The van der Waals surface area contributed by atoms with Crippen LogP contribution in [0, 0.1) is 0 Å². The van der Waals surface area contributed by atoms with Crippen molar-refractivity contribution in [3.8, 4) is 0 Å². The SMILES string of the molecule is O=C(Cl)n1oc(CCl)c(Cl)c1=O. The van der Waals surface area contributed by atoms with Crippen LogP contribution in [0.25, 0.3) is 0 Å². The molecule has 0 aromatic carbocycles. The molecule has 1 aromatic rings. The van der Waals surface area contributed by atoms with E-state index in [4.69, 9.17) is 34.8 Å². The number of alkyl halides is 1. The first kappa shape index (κ1) is 9.64. The van der Waals surface area contributed by atoms with Crippen LogP contribution in [0.15, 0.2) is 9.32 Å². The summed E-state index contributed by atoms with van der Waals surface area (Å²) in [7, 11) is 0. The highest BCUT2D eigenvalue weighted by Gasteiger charge is 2.17. The number of nitrogens with zero attached hydrogens (tertiary/aromatic N) is 1. The van der Waals surface area contributed by atoms with E-state index < -0.39 is 10.9 Å². The van der Waals surface area contributed by atoms with Gasteiger partial charge in [-0.3, -0.25) is 9.59 Å². The predicted molar refractivity (Wildman–Crippen MR) is 44.2 cm³/mol. The lowest BCUT2D eigenvalue weighted by Crippen LogP contribution is -2.17. The molecule has 0 unspecified atom stereocenters. The van der Waals surface area contributed by atoms with E-state index in [9.17, 15) is 9.59 Å². The highest BCUT2D eigenvalue weighted by atomic mass is 35.5. The molecule has 0 atom stereocenters. The number of carbonyl (C=O) groups is 1. The Morgan fingerprint density at radius 1 is 1.58 bits per heavy atom. The first-order valence-electron chi connectivity index (χ1n) is 2.74. The molecule has 1 heterocycles. The first-order chi connectivity index (χ1) is 5.57. The summed E-state index contributed by atoms with van der Waals surface area (Å²) in [5, 5.41) is -1.28. The number of halogens is 3. The predicted octanol–water partition coefficient (Wildman–Crippen LogP) is 2.04. The average molecular weight is 230 g/mol. The molecule has 0 N–H and O–H groups in total. The second-order valence-corrected chi connectivity index (χ2v) is 2.78. The maximum absolute atomic E-state index is 11.0. The quantitative estimate of drug-likeness (QED) is 0.548. The second-order valence-electron chi connectivity index (χ2n) is 1.81. The van der Waals surface area contributed by atoms with Crippen LogP contribution in [-0.4, -0.2) is 10.1 Å². The van der Waals surface area contributed by atoms with Gasteiger partial charge >= 0.3 is 10.9 Å². The molecule has 12 heavy (non-hydrogen) atoms. The summed E-state index contributed by atoms with van der Waals surface area (Å²) in [5.41, 5.74) is -0.799. The minimum atomic E-state index is -1.06. The van der Waals surface area contributed by atoms with Crippen molar-refractivity contribution >= 4 is 40.2 Å². The lowest BCUT2D eigenvalue weighted by molar-refractivity contribution is 0.226. The maximum Gasteiger partial charge on any atom is 0.357 e. The molecule has 7 heteroatoms. The molecule has 0 saturated carbocycles. The smallest absolute Gasteiger partial charge is 0.357 e. The van der Waals surface area contributed by atoms with Gasteiger partial charge in [0.15, 0.2) is 10.8 Å². The van der Waals surface area contributed by atoms with E-state index in [2.05, 4.69) is 4.52 Å². The van der Waals surface area contributed by atoms with E-state index in [1.807, 2.05) is 0 Å². The minimum absolute atomic E-state index is 0.0253. The Labute approximate surface area is 81.6 Å². The third-order valence-electron chi connectivity index (χ3n) is 1.10. The van der Waals surface area contributed by atoms with Crippen molar-refractivity contribution in [3.05, 3.63) is 21.1 Å². The van der Waals surface area contributed by atoms with Gasteiger partial charge in [-0.15, -0.1) is 11.6 Å². The third kappa shape index (κ3) is 1.50. The Morgan fingerprint density at radius 3 is 2.42 bits per heavy atom. The second kappa shape index (κ2) is 3.51. The molecular weight excluding hydrogens is 228 g/mol. The van der Waals surface area contributed by atoms with Gasteiger partial charge in [-0.1, -0.05) is 16.3 Å². The summed E-state index contributed by atoms with van der Waals surface area (Å²) in [6.45, 7) is 0. The van der Waals surface area contributed by atoms with Gasteiger partial charge in [0.1, 0.15) is 0 Å². The van der Waals surface area contributed by atoms with Gasteiger partial charge in [-0.05, 0) is 11.6 Å². The molecule has 66 valence electrons. The summed E-state index contributed by atoms with van der Waals surface area (Å²) >= 11 is 15.8. The number of aromatic nitrogens is 1. The normalized spacial score (nSPS) is 10.2. The summed E-state index contributed by atoms with van der Waals surface area (Å²) in [6, 6.07) is 0. The van der Waals surface area contributed by atoms with Crippen LogP contribution in [-0.2, 0) is 5.88 Å². The van der Waals surface area contributed by atoms with Crippen molar-refractivity contribution < 1.29 is 9.32 Å². The van der Waals surface area contributed by atoms with Crippen molar-refractivity contribution in [1.82, 2.24) is 4.74 Å². The van der Waals surface area contributed by atoms with Gasteiger partial charge < -0.3 is 4.52 Å². The standard InChI is InChI=1S/C5H2Cl3NO3/c6-1-2-3(7)4(10)9(12-2)5(8)11/h1H2. The van der Waals surface area contributed by atoms with Crippen molar-refractivity contribution in [1.29, 1.82) is 0 Å². The summed E-state index contributed by atoms with van der Waals surface area (Å²) in [5.74, 6) is -0.0667. The molecule has 1 rings (SSSR count). The molecule has 1 aromatic heterocycles. The molecule has 0 aliphatic heterocycles. The molecule has 0 saturated heterocycles. The molecular formula is C5H2Cl3NO3. The Bertz CT molecular complexity index is 367. The maximum atomic E-state index is 11.0.